The van der Waals surface area contributed by atoms with Gasteiger partial charge in [0.15, 0.2) is 5.78 Å². The molecule has 0 aliphatic rings. The van der Waals surface area contributed by atoms with E-state index in [9.17, 15) is 9.59 Å². The van der Waals surface area contributed by atoms with E-state index in [1.165, 1.54) is 12.5 Å². The molecule has 5 nitrogen and oxygen atoms in total. The minimum Gasteiger partial charge on any atom is -0.318 e. The molecule has 0 radical (unpaired) electrons. The van der Waals surface area contributed by atoms with Crippen molar-refractivity contribution < 1.29 is 14.4 Å². The Kier molecular flexibility index (Phi) is 7.40. The number of hydrogen-bond acceptors (Lipinski definition) is 5. The molecule has 0 aliphatic carbocycles. The summed E-state index contributed by atoms with van der Waals surface area (Å²) in [7, 11) is 0. The van der Waals surface area contributed by atoms with Gasteiger partial charge in [-0.1, -0.05) is 64.8 Å². The Morgan fingerprint density at radius 3 is 1.39 bits per heavy atom. The smallest absolute Gasteiger partial charge is 0.318 e. The second kappa shape index (κ2) is 10.8. The Morgan fingerprint density at radius 2 is 0.944 bits per heavy atom. The molecular formula is C31H28N2O3. The summed E-state index contributed by atoms with van der Waals surface area (Å²) in [5, 5.41) is 3.87. The van der Waals surface area contributed by atoms with Crippen LogP contribution < -0.4 is 4.90 Å². The van der Waals surface area contributed by atoms with E-state index in [4.69, 9.17) is 4.84 Å². The molecule has 180 valence electrons. The number of hydrogen-bond donors (Lipinski definition) is 0. The van der Waals surface area contributed by atoms with Crippen molar-refractivity contribution in [1.82, 2.24) is 0 Å². The molecule has 0 saturated heterocycles. The number of benzene rings is 4. The first-order valence-electron chi connectivity index (χ1n) is 11.7. The zero-order chi connectivity index (χ0) is 25.7. The lowest BCUT2D eigenvalue weighted by molar-refractivity contribution is -0.140. The lowest BCUT2D eigenvalue weighted by Crippen LogP contribution is -2.11. The van der Waals surface area contributed by atoms with Crippen LogP contribution in [0, 0.1) is 13.8 Å². The van der Waals surface area contributed by atoms with E-state index in [1.54, 1.807) is 6.92 Å². The lowest BCUT2D eigenvalue weighted by atomic mass is 10.0. The second-order valence-electron chi connectivity index (χ2n) is 8.72. The maximum atomic E-state index is 13.0. The molecule has 0 aliphatic heterocycles. The molecule has 4 rings (SSSR count). The van der Waals surface area contributed by atoms with Crippen LogP contribution in [-0.4, -0.2) is 17.5 Å². The van der Waals surface area contributed by atoms with Crippen molar-refractivity contribution in [2.24, 2.45) is 5.16 Å². The normalized spacial score (nSPS) is 11.2. The second-order valence-corrected chi connectivity index (χ2v) is 8.72. The summed E-state index contributed by atoms with van der Waals surface area (Å²) in [4.78, 5) is 30.9. The number of carbonyl (C=O) groups is 2. The van der Waals surface area contributed by atoms with Crippen molar-refractivity contribution in [2.45, 2.75) is 27.7 Å². The van der Waals surface area contributed by atoms with Gasteiger partial charge in [-0.25, -0.2) is 4.79 Å². The first-order chi connectivity index (χ1) is 17.3. The molecule has 0 aromatic heterocycles. The van der Waals surface area contributed by atoms with Gasteiger partial charge in [0, 0.05) is 35.1 Å². The van der Waals surface area contributed by atoms with E-state index in [1.807, 2.05) is 79.7 Å². The zero-order valence-corrected chi connectivity index (χ0v) is 20.9. The van der Waals surface area contributed by atoms with E-state index in [2.05, 4.69) is 41.2 Å². The Morgan fingerprint density at radius 1 is 0.583 bits per heavy atom. The van der Waals surface area contributed by atoms with Crippen LogP contribution in [0.15, 0.2) is 102 Å². The average Bonchev–Trinajstić information content (AvgIpc) is 2.89. The van der Waals surface area contributed by atoms with E-state index in [-0.39, 0.29) is 5.78 Å². The van der Waals surface area contributed by atoms with E-state index < -0.39 is 5.97 Å². The van der Waals surface area contributed by atoms with Gasteiger partial charge in [0.2, 0.25) is 0 Å². The standard InChI is InChI=1S/C31H28N2O3/c1-21-5-9-26(10-6-21)31(35)27-13-19-30(20-14-27)33(28-15-7-22(2)8-16-28)29-17-11-25(12-18-29)23(3)32-36-24(4)34/h5-20H,1-4H3/b32-23+. The van der Waals surface area contributed by atoms with Crippen LogP contribution in [0.4, 0.5) is 17.1 Å². The summed E-state index contributed by atoms with van der Waals surface area (Å²) in [5.41, 5.74) is 7.93. The van der Waals surface area contributed by atoms with Gasteiger partial charge in [0.1, 0.15) is 0 Å². The van der Waals surface area contributed by atoms with Crippen LogP contribution in [0.1, 0.15) is 46.5 Å². The van der Waals surface area contributed by atoms with Gasteiger partial charge in [0.25, 0.3) is 0 Å². The molecule has 0 amide bonds. The molecule has 0 saturated carbocycles. The Hall–Kier alpha value is -4.51. The summed E-state index contributed by atoms with van der Waals surface area (Å²) in [6.45, 7) is 7.17. The monoisotopic (exact) mass is 476 g/mol. The topological polar surface area (TPSA) is 59.0 Å². The van der Waals surface area contributed by atoms with Gasteiger partial charge >= 0.3 is 5.97 Å². The van der Waals surface area contributed by atoms with E-state index >= 15 is 0 Å². The Bertz CT molecular complexity index is 1390. The van der Waals surface area contributed by atoms with Gasteiger partial charge in [0.05, 0.1) is 5.71 Å². The summed E-state index contributed by atoms with van der Waals surface area (Å²) in [6.07, 6.45) is 0. The number of nitrogens with zero attached hydrogens (tertiary/aromatic N) is 2. The van der Waals surface area contributed by atoms with Crippen molar-refractivity contribution in [3.05, 3.63) is 125 Å². The SMILES string of the molecule is CC(=O)O/N=C(\C)c1ccc(N(c2ccc(C)cc2)c2ccc(C(=O)c3ccc(C)cc3)cc2)cc1. The maximum Gasteiger partial charge on any atom is 0.331 e. The van der Waals surface area contributed by atoms with Crippen molar-refractivity contribution in [3.8, 4) is 0 Å². The van der Waals surface area contributed by atoms with Crippen molar-refractivity contribution >= 4 is 34.5 Å². The summed E-state index contributed by atoms with van der Waals surface area (Å²) < 4.78 is 0. The third kappa shape index (κ3) is 5.76. The fraction of sp³-hybridized carbons (Fsp3) is 0.129. The van der Waals surface area contributed by atoms with Crippen LogP contribution in [0.25, 0.3) is 0 Å². The molecule has 0 N–H and O–H groups in total. The number of anilines is 3. The van der Waals surface area contributed by atoms with Gasteiger partial charge in [-0.15, -0.1) is 0 Å². The average molecular weight is 477 g/mol. The molecule has 36 heavy (non-hydrogen) atoms. The van der Waals surface area contributed by atoms with E-state index in [0.717, 1.165) is 28.2 Å². The van der Waals surface area contributed by atoms with Crippen molar-refractivity contribution in [3.63, 3.8) is 0 Å². The predicted molar refractivity (Wildman–Crippen MR) is 144 cm³/mol. The molecule has 0 unspecified atom stereocenters. The number of rotatable bonds is 7. The zero-order valence-electron chi connectivity index (χ0n) is 20.9. The maximum absolute atomic E-state index is 13.0. The molecule has 0 spiro atoms. The molecule has 4 aromatic rings. The fourth-order valence-corrected chi connectivity index (χ4v) is 3.81. The molecule has 0 atom stereocenters. The van der Waals surface area contributed by atoms with Crippen molar-refractivity contribution in [2.75, 3.05) is 4.90 Å². The summed E-state index contributed by atoms with van der Waals surface area (Å²) in [5.74, 6) is -0.462. The first-order valence-corrected chi connectivity index (χ1v) is 11.7. The summed E-state index contributed by atoms with van der Waals surface area (Å²) in [6, 6.07) is 31.4. The Labute approximate surface area is 211 Å². The molecule has 4 aromatic carbocycles. The van der Waals surface area contributed by atoms with Gasteiger partial charge in [-0.3, -0.25) is 4.79 Å². The number of oxime groups is 1. The molecule has 0 fully saturated rings. The first kappa shape index (κ1) is 24.6. The number of ketones is 1. The molecule has 0 bridgehead atoms. The van der Waals surface area contributed by atoms with E-state index in [0.29, 0.717) is 16.8 Å². The van der Waals surface area contributed by atoms with Crippen LogP contribution in [-0.2, 0) is 9.63 Å². The number of carbonyl (C=O) groups excluding carboxylic acids is 2. The Balaban J connectivity index is 1.67. The number of aryl methyl sites for hydroxylation is 2. The molecule has 0 heterocycles. The highest BCUT2D eigenvalue weighted by molar-refractivity contribution is 6.09. The fourth-order valence-electron chi connectivity index (χ4n) is 3.81. The lowest BCUT2D eigenvalue weighted by Gasteiger charge is -2.26. The van der Waals surface area contributed by atoms with Gasteiger partial charge < -0.3 is 9.74 Å². The largest absolute Gasteiger partial charge is 0.331 e. The highest BCUT2D eigenvalue weighted by Crippen LogP contribution is 2.35. The van der Waals surface area contributed by atoms with Crippen LogP contribution in [0.2, 0.25) is 0 Å². The third-order valence-corrected chi connectivity index (χ3v) is 5.85. The third-order valence-electron chi connectivity index (χ3n) is 5.85. The van der Waals surface area contributed by atoms with Gasteiger partial charge in [-0.2, -0.15) is 0 Å². The van der Waals surface area contributed by atoms with Crippen molar-refractivity contribution in [1.29, 1.82) is 0 Å². The molecular weight excluding hydrogens is 448 g/mol. The minimum absolute atomic E-state index is 0.00432. The summed E-state index contributed by atoms with van der Waals surface area (Å²) >= 11 is 0. The van der Waals surface area contributed by atoms with Crippen LogP contribution in [0.3, 0.4) is 0 Å². The highest BCUT2D eigenvalue weighted by Gasteiger charge is 2.15. The predicted octanol–water partition coefficient (Wildman–Crippen LogP) is 7.29. The highest BCUT2D eigenvalue weighted by atomic mass is 16.7. The molecule has 5 heteroatoms. The minimum atomic E-state index is -0.458. The van der Waals surface area contributed by atoms with Gasteiger partial charge in [-0.05, 0) is 74.9 Å². The van der Waals surface area contributed by atoms with Crippen LogP contribution >= 0.6 is 0 Å². The van der Waals surface area contributed by atoms with Crippen LogP contribution in [0.5, 0.6) is 0 Å². The quantitative estimate of drug-likeness (QED) is 0.122.